The summed E-state index contributed by atoms with van der Waals surface area (Å²) in [6.07, 6.45) is -4.50. The maximum absolute atomic E-state index is 13.1. The van der Waals surface area contributed by atoms with Crippen molar-refractivity contribution in [3.8, 4) is 17.0 Å². The Balaban J connectivity index is 1.76. The van der Waals surface area contributed by atoms with Crippen LogP contribution >= 0.6 is 0 Å². The lowest BCUT2D eigenvalue weighted by Gasteiger charge is -2.10. The Morgan fingerprint density at radius 3 is 2.48 bits per heavy atom. The van der Waals surface area contributed by atoms with Gasteiger partial charge in [0.15, 0.2) is 11.4 Å². The monoisotopic (exact) mass is 430 g/mol. The van der Waals surface area contributed by atoms with Crippen LogP contribution in [0.2, 0.25) is 0 Å². The third-order valence-electron chi connectivity index (χ3n) is 4.49. The van der Waals surface area contributed by atoms with Crippen molar-refractivity contribution in [3.63, 3.8) is 0 Å². The molecular weight excluding hydrogens is 416 g/mol. The first-order valence-electron chi connectivity index (χ1n) is 8.94. The summed E-state index contributed by atoms with van der Waals surface area (Å²) in [6.45, 7) is 0. The molecule has 0 atom stereocenters. The first-order chi connectivity index (χ1) is 14.8. The molecule has 0 saturated heterocycles. The van der Waals surface area contributed by atoms with Gasteiger partial charge in [-0.05, 0) is 48.5 Å². The summed E-state index contributed by atoms with van der Waals surface area (Å²) in [5.41, 5.74) is 0.150. The molecule has 0 aliphatic carbocycles. The highest BCUT2D eigenvalue weighted by Gasteiger charge is 2.30. The number of anilines is 1. The number of carbonyl (C=O) groups excluding carboxylic acids is 1. The fraction of sp³-hybridized carbons (Fsp3) is 0.0952. The van der Waals surface area contributed by atoms with Crippen LogP contribution in [0.15, 0.2) is 60.7 Å². The highest BCUT2D eigenvalue weighted by molar-refractivity contribution is 6.03. The van der Waals surface area contributed by atoms with Crippen molar-refractivity contribution in [1.29, 1.82) is 0 Å². The topological polar surface area (TPSA) is 68.5 Å². The van der Waals surface area contributed by atoms with E-state index < -0.39 is 23.5 Å². The van der Waals surface area contributed by atoms with Crippen molar-refractivity contribution in [1.82, 2.24) is 14.6 Å². The van der Waals surface area contributed by atoms with Crippen LogP contribution in [0.1, 0.15) is 15.9 Å². The van der Waals surface area contributed by atoms with E-state index in [0.29, 0.717) is 11.4 Å². The number of carbonyl (C=O) groups is 1. The predicted octanol–water partition coefficient (Wildman–Crippen LogP) is 4.82. The number of halogens is 4. The van der Waals surface area contributed by atoms with Crippen molar-refractivity contribution < 1.29 is 27.1 Å². The van der Waals surface area contributed by atoms with E-state index in [4.69, 9.17) is 4.74 Å². The van der Waals surface area contributed by atoms with Crippen molar-refractivity contribution in [2.45, 2.75) is 6.18 Å². The van der Waals surface area contributed by atoms with Crippen LogP contribution < -0.4 is 10.1 Å². The minimum Gasteiger partial charge on any atom is -0.493 e. The molecule has 6 nitrogen and oxygen atoms in total. The molecule has 4 rings (SSSR count). The molecule has 0 saturated carbocycles. The molecule has 4 aromatic rings. The standard InChI is InChI=1S/C21H14F4N4O2/c1-31-17-10-9-16(13-3-2-4-14(11-13)21(23,24)25)29-18(17)26-20(28-29)27-19(30)12-5-7-15(22)8-6-12/h2-11H,1H3,(H,27,28,30). The molecular formula is C21H14F4N4O2. The number of hydrogen-bond donors (Lipinski definition) is 1. The van der Waals surface area contributed by atoms with E-state index in [1.54, 1.807) is 12.1 Å². The van der Waals surface area contributed by atoms with Gasteiger partial charge in [-0.2, -0.15) is 18.2 Å². The lowest BCUT2D eigenvalue weighted by atomic mass is 10.1. The van der Waals surface area contributed by atoms with Gasteiger partial charge < -0.3 is 4.74 Å². The Morgan fingerprint density at radius 1 is 1.06 bits per heavy atom. The number of hydrogen-bond acceptors (Lipinski definition) is 4. The van der Waals surface area contributed by atoms with Gasteiger partial charge in [-0.3, -0.25) is 10.1 Å². The van der Waals surface area contributed by atoms with Gasteiger partial charge in [0.2, 0.25) is 5.95 Å². The van der Waals surface area contributed by atoms with E-state index in [1.165, 1.54) is 35.9 Å². The molecule has 10 heteroatoms. The number of alkyl halides is 3. The van der Waals surface area contributed by atoms with Gasteiger partial charge in [0.1, 0.15) is 5.82 Å². The summed E-state index contributed by atoms with van der Waals surface area (Å²) in [4.78, 5) is 16.6. The molecule has 158 valence electrons. The van der Waals surface area contributed by atoms with Gasteiger partial charge in [-0.25, -0.2) is 8.91 Å². The van der Waals surface area contributed by atoms with Gasteiger partial charge >= 0.3 is 6.18 Å². The normalized spacial score (nSPS) is 11.5. The summed E-state index contributed by atoms with van der Waals surface area (Å²) in [6, 6.07) is 12.7. The second kappa shape index (κ2) is 7.71. The third-order valence-corrected chi connectivity index (χ3v) is 4.49. The van der Waals surface area contributed by atoms with E-state index >= 15 is 0 Å². The molecule has 2 heterocycles. The van der Waals surface area contributed by atoms with Crippen molar-refractivity contribution in [2.75, 3.05) is 12.4 Å². The molecule has 0 radical (unpaired) electrons. The number of amides is 1. The van der Waals surface area contributed by atoms with Crippen LogP contribution in [0, 0.1) is 5.82 Å². The van der Waals surface area contributed by atoms with Crippen LogP contribution in [-0.4, -0.2) is 27.6 Å². The van der Waals surface area contributed by atoms with Crippen LogP contribution in [-0.2, 0) is 6.18 Å². The van der Waals surface area contributed by atoms with E-state index in [9.17, 15) is 22.4 Å². The second-order valence-electron chi connectivity index (χ2n) is 6.50. The van der Waals surface area contributed by atoms with Crippen LogP contribution in [0.5, 0.6) is 5.75 Å². The Morgan fingerprint density at radius 2 is 1.81 bits per heavy atom. The smallest absolute Gasteiger partial charge is 0.416 e. The summed E-state index contributed by atoms with van der Waals surface area (Å²) < 4.78 is 59.0. The van der Waals surface area contributed by atoms with E-state index in [-0.39, 0.29) is 22.7 Å². The fourth-order valence-corrected chi connectivity index (χ4v) is 3.00. The van der Waals surface area contributed by atoms with Gasteiger partial charge in [0.05, 0.1) is 18.4 Å². The summed E-state index contributed by atoms with van der Waals surface area (Å²) in [5.74, 6) is -0.842. The number of nitrogens with one attached hydrogen (secondary N) is 1. The number of ether oxygens (including phenoxy) is 1. The Labute approximate surface area is 173 Å². The molecule has 1 amide bonds. The largest absolute Gasteiger partial charge is 0.493 e. The zero-order valence-corrected chi connectivity index (χ0v) is 15.9. The Kier molecular flexibility index (Phi) is 5.05. The molecule has 31 heavy (non-hydrogen) atoms. The quantitative estimate of drug-likeness (QED) is 0.472. The van der Waals surface area contributed by atoms with Gasteiger partial charge in [0, 0.05) is 11.1 Å². The molecule has 0 spiro atoms. The molecule has 2 aromatic carbocycles. The van der Waals surface area contributed by atoms with E-state index in [2.05, 4.69) is 15.4 Å². The number of fused-ring (bicyclic) bond motifs is 1. The van der Waals surface area contributed by atoms with Gasteiger partial charge in [-0.15, -0.1) is 5.10 Å². The van der Waals surface area contributed by atoms with Crippen LogP contribution in [0.25, 0.3) is 16.9 Å². The van der Waals surface area contributed by atoms with E-state index in [0.717, 1.165) is 24.3 Å². The maximum Gasteiger partial charge on any atom is 0.416 e. The van der Waals surface area contributed by atoms with E-state index in [1.807, 2.05) is 0 Å². The predicted molar refractivity (Wildman–Crippen MR) is 104 cm³/mol. The number of methoxy groups -OCH3 is 1. The first-order valence-corrected chi connectivity index (χ1v) is 8.94. The zero-order chi connectivity index (χ0) is 22.2. The molecule has 1 N–H and O–H groups in total. The first kappa shape index (κ1) is 20.3. The average molecular weight is 430 g/mol. The van der Waals surface area contributed by atoms with Gasteiger partial charge in [-0.1, -0.05) is 12.1 Å². The average Bonchev–Trinajstić information content (AvgIpc) is 3.16. The third kappa shape index (κ3) is 4.04. The van der Waals surface area contributed by atoms with Crippen molar-refractivity contribution in [2.24, 2.45) is 0 Å². The molecule has 0 unspecified atom stereocenters. The van der Waals surface area contributed by atoms with Crippen LogP contribution in [0.3, 0.4) is 0 Å². The van der Waals surface area contributed by atoms with Crippen molar-refractivity contribution in [3.05, 3.63) is 77.6 Å². The number of aromatic nitrogens is 3. The Hall–Kier alpha value is -3.95. The minimum absolute atomic E-state index is 0.0907. The second-order valence-corrected chi connectivity index (χ2v) is 6.50. The number of benzene rings is 2. The lowest BCUT2D eigenvalue weighted by Crippen LogP contribution is -2.13. The number of rotatable bonds is 4. The number of pyridine rings is 1. The Bertz CT molecular complexity index is 1270. The highest BCUT2D eigenvalue weighted by Crippen LogP contribution is 2.33. The number of nitrogens with zero attached hydrogens (tertiary/aromatic N) is 3. The zero-order valence-electron chi connectivity index (χ0n) is 15.9. The molecule has 2 aromatic heterocycles. The summed E-state index contributed by atoms with van der Waals surface area (Å²) in [5, 5.41) is 6.70. The summed E-state index contributed by atoms with van der Waals surface area (Å²) >= 11 is 0. The SMILES string of the molecule is COc1ccc(-c2cccc(C(F)(F)F)c2)n2nc(NC(=O)c3ccc(F)cc3)nc12. The van der Waals surface area contributed by atoms with Gasteiger partial charge in [0.25, 0.3) is 5.91 Å². The highest BCUT2D eigenvalue weighted by atomic mass is 19.4. The lowest BCUT2D eigenvalue weighted by molar-refractivity contribution is -0.137. The molecule has 0 bridgehead atoms. The van der Waals surface area contributed by atoms with Crippen molar-refractivity contribution >= 4 is 17.5 Å². The maximum atomic E-state index is 13.1. The molecule has 0 aliphatic heterocycles. The molecule has 0 fully saturated rings. The molecule has 0 aliphatic rings. The van der Waals surface area contributed by atoms with Crippen LogP contribution in [0.4, 0.5) is 23.5 Å². The summed E-state index contributed by atoms with van der Waals surface area (Å²) in [7, 11) is 1.41. The minimum atomic E-state index is -4.50. The fourth-order valence-electron chi connectivity index (χ4n) is 3.00.